The van der Waals surface area contributed by atoms with Gasteiger partial charge in [0.05, 0.1) is 23.2 Å². The van der Waals surface area contributed by atoms with Gasteiger partial charge in [-0.2, -0.15) is 0 Å². The Morgan fingerprint density at radius 3 is 2.38 bits per heavy atom. The smallest absolute Gasteiger partial charge is 0.230 e. The lowest BCUT2D eigenvalue weighted by Crippen LogP contribution is -2.15. The van der Waals surface area contributed by atoms with E-state index >= 15 is 0 Å². The maximum Gasteiger partial charge on any atom is 0.230 e. The normalized spacial score (nSPS) is 11.1. The molecule has 21 heavy (non-hydrogen) atoms. The standard InChI is InChI=1S/C14H15N3O3S/c1-21(19,20)13-6-4-11(5-7-13)17-14(18)8-12-3-2-10(15)9-16-12/h2-7,9H,8,15H2,1H3,(H,17,18). The molecule has 1 amide bonds. The molecule has 0 atom stereocenters. The van der Waals surface area contributed by atoms with Crippen molar-refractivity contribution < 1.29 is 13.2 Å². The van der Waals surface area contributed by atoms with E-state index in [0.717, 1.165) is 6.26 Å². The first-order valence-corrected chi connectivity index (χ1v) is 8.04. The van der Waals surface area contributed by atoms with Crippen LogP contribution in [0, 0.1) is 0 Å². The van der Waals surface area contributed by atoms with Gasteiger partial charge in [-0.05, 0) is 36.4 Å². The van der Waals surface area contributed by atoms with E-state index < -0.39 is 9.84 Å². The highest BCUT2D eigenvalue weighted by atomic mass is 32.2. The number of nitrogens with one attached hydrogen (secondary N) is 1. The summed E-state index contributed by atoms with van der Waals surface area (Å²) in [5.74, 6) is -0.237. The summed E-state index contributed by atoms with van der Waals surface area (Å²) in [7, 11) is -3.24. The van der Waals surface area contributed by atoms with Gasteiger partial charge < -0.3 is 11.1 Å². The Kier molecular flexibility index (Phi) is 4.23. The minimum absolute atomic E-state index is 0.119. The largest absolute Gasteiger partial charge is 0.397 e. The second kappa shape index (κ2) is 5.92. The first-order chi connectivity index (χ1) is 9.84. The third-order valence-electron chi connectivity index (χ3n) is 2.76. The van der Waals surface area contributed by atoms with Gasteiger partial charge in [0, 0.05) is 17.6 Å². The van der Waals surface area contributed by atoms with Gasteiger partial charge >= 0.3 is 0 Å². The molecule has 0 fully saturated rings. The molecule has 0 radical (unpaired) electrons. The van der Waals surface area contributed by atoms with E-state index in [9.17, 15) is 13.2 Å². The fraction of sp³-hybridized carbons (Fsp3) is 0.143. The predicted octanol–water partition coefficient (Wildman–Crippen LogP) is 1.25. The molecular weight excluding hydrogens is 290 g/mol. The molecule has 1 heterocycles. The van der Waals surface area contributed by atoms with Crippen molar-refractivity contribution in [1.29, 1.82) is 0 Å². The lowest BCUT2D eigenvalue weighted by atomic mass is 10.2. The van der Waals surface area contributed by atoms with Crippen molar-refractivity contribution in [3.05, 3.63) is 48.3 Å². The zero-order valence-corrected chi connectivity index (χ0v) is 12.2. The van der Waals surface area contributed by atoms with Gasteiger partial charge in [-0.1, -0.05) is 0 Å². The van der Waals surface area contributed by atoms with Crippen LogP contribution in [-0.2, 0) is 21.1 Å². The molecule has 0 saturated heterocycles. The number of nitrogens with zero attached hydrogens (tertiary/aromatic N) is 1. The molecule has 6 nitrogen and oxygen atoms in total. The molecule has 0 bridgehead atoms. The highest BCUT2D eigenvalue weighted by Crippen LogP contribution is 2.14. The van der Waals surface area contributed by atoms with E-state index in [2.05, 4.69) is 10.3 Å². The lowest BCUT2D eigenvalue weighted by Gasteiger charge is -2.06. The molecule has 3 N–H and O–H groups in total. The van der Waals surface area contributed by atoms with E-state index in [0.29, 0.717) is 17.1 Å². The van der Waals surface area contributed by atoms with Gasteiger partial charge in [-0.25, -0.2) is 8.42 Å². The van der Waals surface area contributed by atoms with Gasteiger partial charge in [0.15, 0.2) is 9.84 Å². The number of anilines is 2. The monoisotopic (exact) mass is 305 g/mol. The van der Waals surface area contributed by atoms with Crippen LogP contribution < -0.4 is 11.1 Å². The summed E-state index contributed by atoms with van der Waals surface area (Å²) in [5, 5.41) is 2.68. The second-order valence-electron chi connectivity index (χ2n) is 4.60. The Morgan fingerprint density at radius 1 is 1.19 bits per heavy atom. The summed E-state index contributed by atoms with van der Waals surface area (Å²) in [6.07, 6.45) is 2.74. The van der Waals surface area contributed by atoms with Crippen LogP contribution in [0.5, 0.6) is 0 Å². The van der Waals surface area contributed by atoms with Crippen LogP contribution in [0.25, 0.3) is 0 Å². The third-order valence-corrected chi connectivity index (χ3v) is 3.88. The van der Waals surface area contributed by atoms with Crippen LogP contribution in [0.1, 0.15) is 5.69 Å². The fourth-order valence-electron chi connectivity index (χ4n) is 1.70. The zero-order chi connectivity index (χ0) is 15.5. The molecule has 1 aromatic heterocycles. The van der Waals surface area contributed by atoms with E-state index in [1.54, 1.807) is 24.3 Å². The number of carbonyl (C=O) groups excluding carboxylic acids is 1. The van der Waals surface area contributed by atoms with Crippen molar-refractivity contribution >= 4 is 27.1 Å². The Bertz CT molecular complexity index is 738. The summed E-state index contributed by atoms with van der Waals surface area (Å²) in [6.45, 7) is 0. The molecular formula is C14H15N3O3S. The quantitative estimate of drug-likeness (QED) is 0.885. The molecule has 0 aliphatic carbocycles. The maximum absolute atomic E-state index is 11.8. The molecule has 0 aliphatic heterocycles. The number of nitrogen functional groups attached to an aromatic ring is 1. The molecule has 0 aliphatic rings. The predicted molar refractivity (Wildman–Crippen MR) is 80.5 cm³/mol. The third kappa shape index (κ3) is 4.28. The van der Waals surface area contributed by atoms with Crippen LogP contribution in [-0.4, -0.2) is 25.6 Å². The van der Waals surface area contributed by atoms with Crippen molar-refractivity contribution in [2.24, 2.45) is 0 Å². The van der Waals surface area contributed by atoms with Crippen molar-refractivity contribution in [3.63, 3.8) is 0 Å². The molecule has 2 aromatic rings. The number of benzene rings is 1. The fourth-order valence-corrected chi connectivity index (χ4v) is 2.33. The summed E-state index contributed by atoms with van der Waals surface area (Å²) in [5.41, 5.74) is 7.19. The van der Waals surface area contributed by atoms with Gasteiger partial charge in [0.2, 0.25) is 5.91 Å². The molecule has 0 spiro atoms. The highest BCUT2D eigenvalue weighted by Gasteiger charge is 2.08. The van der Waals surface area contributed by atoms with Gasteiger partial charge in [0.25, 0.3) is 0 Å². The highest BCUT2D eigenvalue weighted by molar-refractivity contribution is 7.90. The SMILES string of the molecule is CS(=O)(=O)c1ccc(NC(=O)Cc2ccc(N)cn2)cc1. The number of nitrogens with two attached hydrogens (primary N) is 1. The molecule has 0 unspecified atom stereocenters. The number of pyridine rings is 1. The average molecular weight is 305 g/mol. The number of carbonyl (C=O) groups is 1. The average Bonchev–Trinajstić information content (AvgIpc) is 2.41. The maximum atomic E-state index is 11.8. The number of hydrogen-bond acceptors (Lipinski definition) is 5. The van der Waals surface area contributed by atoms with Gasteiger partial charge in [-0.15, -0.1) is 0 Å². The van der Waals surface area contributed by atoms with Crippen molar-refractivity contribution in [1.82, 2.24) is 4.98 Å². The molecule has 2 rings (SSSR count). The Balaban J connectivity index is 2.01. The van der Waals surface area contributed by atoms with Crippen LogP contribution in [0.3, 0.4) is 0 Å². The molecule has 1 aromatic carbocycles. The van der Waals surface area contributed by atoms with Crippen molar-refractivity contribution in [2.75, 3.05) is 17.3 Å². The summed E-state index contributed by atoms with van der Waals surface area (Å²) in [6, 6.07) is 9.35. The summed E-state index contributed by atoms with van der Waals surface area (Å²) < 4.78 is 22.7. The van der Waals surface area contributed by atoms with E-state index in [4.69, 9.17) is 5.73 Å². The molecule has 0 saturated carbocycles. The second-order valence-corrected chi connectivity index (χ2v) is 6.62. The topological polar surface area (TPSA) is 102 Å². The number of aromatic nitrogens is 1. The first kappa shape index (κ1) is 15.0. The zero-order valence-electron chi connectivity index (χ0n) is 11.4. The van der Waals surface area contributed by atoms with Crippen LogP contribution >= 0.6 is 0 Å². The number of amides is 1. The van der Waals surface area contributed by atoms with Gasteiger partial charge in [-0.3, -0.25) is 9.78 Å². The minimum atomic E-state index is -3.24. The Labute approximate surface area is 122 Å². The van der Waals surface area contributed by atoms with Crippen LogP contribution in [0.15, 0.2) is 47.5 Å². The molecule has 7 heteroatoms. The van der Waals surface area contributed by atoms with Gasteiger partial charge in [0.1, 0.15) is 0 Å². The lowest BCUT2D eigenvalue weighted by molar-refractivity contribution is -0.115. The van der Waals surface area contributed by atoms with E-state index in [1.807, 2.05) is 0 Å². The number of hydrogen-bond donors (Lipinski definition) is 2. The Morgan fingerprint density at radius 2 is 1.86 bits per heavy atom. The van der Waals surface area contributed by atoms with Crippen LogP contribution in [0.2, 0.25) is 0 Å². The summed E-state index contributed by atoms with van der Waals surface area (Å²) in [4.78, 5) is 16.1. The van der Waals surface area contributed by atoms with E-state index in [-0.39, 0.29) is 17.2 Å². The van der Waals surface area contributed by atoms with E-state index in [1.165, 1.54) is 18.3 Å². The number of rotatable bonds is 4. The first-order valence-electron chi connectivity index (χ1n) is 6.15. The van der Waals surface area contributed by atoms with Crippen LogP contribution in [0.4, 0.5) is 11.4 Å². The molecule has 110 valence electrons. The minimum Gasteiger partial charge on any atom is -0.397 e. The Hall–Kier alpha value is -2.41. The number of sulfone groups is 1. The summed E-state index contributed by atoms with van der Waals surface area (Å²) >= 11 is 0. The van der Waals surface area contributed by atoms with Crippen molar-refractivity contribution in [3.8, 4) is 0 Å². The van der Waals surface area contributed by atoms with Crippen molar-refractivity contribution in [2.45, 2.75) is 11.3 Å².